The van der Waals surface area contributed by atoms with Gasteiger partial charge in [0.2, 0.25) is 0 Å². The average Bonchev–Trinajstić information content (AvgIpc) is 3.54. The Balaban J connectivity index is 1.43. The van der Waals surface area contributed by atoms with E-state index in [2.05, 4.69) is 28.4 Å². The van der Waals surface area contributed by atoms with Crippen LogP contribution in [0.3, 0.4) is 0 Å². The minimum atomic E-state index is 0.328. The van der Waals surface area contributed by atoms with E-state index in [-0.39, 0.29) is 0 Å². The number of hydrogen-bond donors (Lipinski definition) is 1. The second-order valence-corrected chi connectivity index (χ2v) is 8.86. The maximum Gasteiger partial charge on any atom is 0.159 e. The van der Waals surface area contributed by atoms with Gasteiger partial charge in [-0.3, -0.25) is 0 Å². The lowest BCUT2D eigenvalue weighted by atomic mass is 9.89. The maximum absolute atomic E-state index is 5.77. The number of fused-ring (bicyclic) bond motifs is 3. The van der Waals surface area contributed by atoms with Crippen LogP contribution in [0.25, 0.3) is 16.7 Å². The Bertz CT molecular complexity index is 1120. The number of hydrogen-bond acceptors (Lipinski definition) is 7. The van der Waals surface area contributed by atoms with Gasteiger partial charge in [-0.05, 0) is 62.9 Å². The highest BCUT2D eigenvalue weighted by Crippen LogP contribution is 2.37. The molecule has 3 fully saturated rings. The summed E-state index contributed by atoms with van der Waals surface area (Å²) >= 11 is 0. The van der Waals surface area contributed by atoms with Gasteiger partial charge in [-0.15, -0.1) is 0 Å². The second-order valence-electron chi connectivity index (χ2n) is 8.86. The number of anilines is 1. The molecule has 2 bridgehead atoms. The Kier molecular flexibility index (Phi) is 4.57. The average molecular weight is 421 g/mol. The maximum atomic E-state index is 5.77. The van der Waals surface area contributed by atoms with Crippen LogP contribution in [0.5, 0.6) is 5.75 Å². The van der Waals surface area contributed by atoms with Crippen molar-refractivity contribution in [2.45, 2.75) is 44.2 Å². The van der Waals surface area contributed by atoms with E-state index in [1.165, 1.54) is 5.56 Å². The van der Waals surface area contributed by atoms with Gasteiger partial charge in [0.05, 0.1) is 37.6 Å². The van der Waals surface area contributed by atoms with E-state index in [4.69, 9.17) is 24.5 Å². The molecule has 2 aromatic heterocycles. The fourth-order valence-corrected chi connectivity index (χ4v) is 5.35. The topological polar surface area (TPSA) is 77.3 Å². The molecule has 1 aromatic carbocycles. The molecule has 1 N–H and O–H groups in total. The third-order valence-corrected chi connectivity index (χ3v) is 6.92. The number of aryl methyl sites for hydroxylation is 1. The third-order valence-electron chi connectivity index (χ3n) is 6.92. The smallest absolute Gasteiger partial charge is 0.159 e. The van der Waals surface area contributed by atoms with Crippen molar-refractivity contribution in [3.05, 3.63) is 35.8 Å². The van der Waals surface area contributed by atoms with E-state index in [1.807, 2.05) is 17.8 Å². The van der Waals surface area contributed by atoms with Crippen molar-refractivity contribution in [2.75, 3.05) is 38.3 Å². The first-order valence-electron chi connectivity index (χ1n) is 11.2. The summed E-state index contributed by atoms with van der Waals surface area (Å²) in [5.74, 6) is 3.97. The van der Waals surface area contributed by atoms with Gasteiger partial charge in [0.1, 0.15) is 17.4 Å². The highest BCUT2D eigenvalue weighted by atomic mass is 16.5. The van der Waals surface area contributed by atoms with E-state index in [9.17, 15) is 0 Å². The Labute approximate surface area is 181 Å². The van der Waals surface area contributed by atoms with Gasteiger partial charge in [-0.2, -0.15) is 5.10 Å². The number of methoxy groups -OCH3 is 1. The first kappa shape index (κ1) is 19.0. The molecule has 31 heavy (non-hydrogen) atoms. The Morgan fingerprint density at radius 1 is 1.13 bits per heavy atom. The molecule has 0 saturated carbocycles. The molecule has 8 heteroatoms. The zero-order valence-corrected chi connectivity index (χ0v) is 18.0. The molecule has 0 radical (unpaired) electrons. The van der Waals surface area contributed by atoms with E-state index in [0.29, 0.717) is 18.1 Å². The minimum absolute atomic E-state index is 0.328. The molecular formula is C23H28N6O2. The van der Waals surface area contributed by atoms with Gasteiger partial charge in [-0.25, -0.2) is 14.6 Å². The molecule has 0 spiro atoms. The van der Waals surface area contributed by atoms with Gasteiger partial charge in [0.25, 0.3) is 0 Å². The van der Waals surface area contributed by atoms with Gasteiger partial charge in [0, 0.05) is 18.0 Å². The van der Waals surface area contributed by atoms with Gasteiger partial charge < -0.3 is 19.7 Å². The molecule has 8 nitrogen and oxygen atoms in total. The zero-order valence-electron chi connectivity index (χ0n) is 18.0. The lowest BCUT2D eigenvalue weighted by molar-refractivity contribution is 0.0988. The van der Waals surface area contributed by atoms with Crippen molar-refractivity contribution in [1.29, 1.82) is 0 Å². The number of rotatable bonds is 4. The summed E-state index contributed by atoms with van der Waals surface area (Å²) in [6.07, 6.45) is 5.54. The lowest BCUT2D eigenvalue weighted by Gasteiger charge is -2.28. The monoisotopic (exact) mass is 420 g/mol. The van der Waals surface area contributed by atoms with Crippen LogP contribution < -0.4 is 15.0 Å². The van der Waals surface area contributed by atoms with E-state index in [0.717, 1.165) is 79.6 Å². The SMILES string of the molecule is COc1cc2cnn(-c3cc(N4C[C@H]5C[C@@H]4CO5)nc(C)n3)c2cc1C1CCNCC1. The Hall–Kier alpha value is -2.71. The summed E-state index contributed by atoms with van der Waals surface area (Å²) in [4.78, 5) is 11.8. The van der Waals surface area contributed by atoms with Crippen LogP contribution in [0.4, 0.5) is 5.82 Å². The van der Waals surface area contributed by atoms with Gasteiger partial charge in [-0.1, -0.05) is 0 Å². The molecule has 3 aromatic rings. The van der Waals surface area contributed by atoms with Crippen LogP contribution in [0.2, 0.25) is 0 Å². The predicted octanol–water partition coefficient (Wildman–Crippen LogP) is 2.58. The third kappa shape index (κ3) is 3.25. The standard InChI is InChI=1S/C23H28N6O2/c1-14-26-22(28-12-18-8-17(28)13-31-18)10-23(27-14)29-20-9-19(15-3-5-24-6-4-15)21(30-2)7-16(20)11-25-29/h7,9-11,15,17-18,24H,3-6,8,12-13H2,1-2H3/t17-,18-/m1/s1. The van der Waals surface area contributed by atoms with E-state index >= 15 is 0 Å². The van der Waals surface area contributed by atoms with Gasteiger partial charge in [0.15, 0.2) is 5.82 Å². The van der Waals surface area contributed by atoms with E-state index in [1.54, 1.807) is 7.11 Å². The zero-order chi connectivity index (χ0) is 20.9. The molecule has 162 valence electrons. The summed E-state index contributed by atoms with van der Waals surface area (Å²) in [5.41, 5.74) is 2.32. The number of nitrogens with one attached hydrogen (secondary N) is 1. The van der Waals surface area contributed by atoms with Crippen molar-refractivity contribution in [3.63, 3.8) is 0 Å². The predicted molar refractivity (Wildman–Crippen MR) is 118 cm³/mol. The van der Waals surface area contributed by atoms with Crippen molar-refractivity contribution in [1.82, 2.24) is 25.1 Å². The molecule has 0 unspecified atom stereocenters. The number of morpholine rings is 1. The molecular weight excluding hydrogens is 392 g/mol. The van der Waals surface area contributed by atoms with Crippen LogP contribution in [0, 0.1) is 6.92 Å². The minimum Gasteiger partial charge on any atom is -0.496 e. The first-order valence-corrected chi connectivity index (χ1v) is 11.2. The number of piperidine rings is 1. The fraction of sp³-hybridized carbons (Fsp3) is 0.522. The van der Waals surface area contributed by atoms with Gasteiger partial charge >= 0.3 is 0 Å². The van der Waals surface area contributed by atoms with Crippen LogP contribution in [-0.4, -0.2) is 65.2 Å². The largest absolute Gasteiger partial charge is 0.496 e. The summed E-state index contributed by atoms with van der Waals surface area (Å²) in [5, 5.41) is 9.21. The number of nitrogens with zero attached hydrogens (tertiary/aromatic N) is 5. The molecule has 6 rings (SSSR count). The first-order chi connectivity index (χ1) is 15.2. The summed E-state index contributed by atoms with van der Waals surface area (Å²) in [6.45, 7) is 5.72. The quantitative estimate of drug-likeness (QED) is 0.695. The number of ether oxygens (including phenoxy) is 2. The summed E-state index contributed by atoms with van der Waals surface area (Å²) in [7, 11) is 1.75. The highest BCUT2D eigenvalue weighted by molar-refractivity contribution is 5.83. The summed E-state index contributed by atoms with van der Waals surface area (Å²) in [6, 6.07) is 6.84. The van der Waals surface area contributed by atoms with Crippen molar-refractivity contribution < 1.29 is 9.47 Å². The number of aromatic nitrogens is 4. The molecule has 5 heterocycles. The lowest BCUT2D eigenvalue weighted by Crippen LogP contribution is -2.37. The van der Waals surface area contributed by atoms with E-state index < -0.39 is 0 Å². The molecule has 3 saturated heterocycles. The second kappa shape index (κ2) is 7.46. The normalized spacial score (nSPS) is 23.7. The molecule has 0 aliphatic carbocycles. The molecule has 3 aliphatic rings. The molecule has 2 atom stereocenters. The summed E-state index contributed by atoms with van der Waals surface area (Å²) < 4.78 is 13.5. The van der Waals surface area contributed by atoms with Crippen molar-refractivity contribution >= 4 is 16.7 Å². The van der Waals surface area contributed by atoms with Crippen LogP contribution in [-0.2, 0) is 4.74 Å². The van der Waals surface area contributed by atoms with Crippen LogP contribution >= 0.6 is 0 Å². The Morgan fingerprint density at radius 2 is 1.97 bits per heavy atom. The number of benzene rings is 1. The van der Waals surface area contributed by atoms with Crippen LogP contribution in [0.15, 0.2) is 24.4 Å². The fourth-order valence-electron chi connectivity index (χ4n) is 5.35. The van der Waals surface area contributed by atoms with Crippen LogP contribution in [0.1, 0.15) is 36.6 Å². The molecule has 0 amide bonds. The highest BCUT2D eigenvalue weighted by Gasteiger charge is 2.39. The van der Waals surface area contributed by atoms with Crippen molar-refractivity contribution in [3.8, 4) is 11.6 Å². The molecule has 3 aliphatic heterocycles. The Morgan fingerprint density at radius 3 is 2.71 bits per heavy atom. The van der Waals surface area contributed by atoms with Crippen molar-refractivity contribution in [2.24, 2.45) is 0 Å².